The summed E-state index contributed by atoms with van der Waals surface area (Å²) in [5.41, 5.74) is 4.50. The highest BCUT2D eigenvalue weighted by atomic mass is 15.3. The summed E-state index contributed by atoms with van der Waals surface area (Å²) in [6, 6.07) is 16.7. The van der Waals surface area contributed by atoms with E-state index in [1.54, 1.807) is 6.20 Å². The number of aromatic nitrogens is 3. The fraction of sp³-hybridized carbons (Fsp3) is 0.286. The molecule has 0 amide bonds. The highest BCUT2D eigenvalue weighted by molar-refractivity contribution is 5.61. The van der Waals surface area contributed by atoms with E-state index in [0.717, 1.165) is 30.9 Å². The molecule has 0 spiro atoms. The normalized spacial score (nSPS) is 13.6. The standard InChI is InChI=1S/C21H24N6/c1-2-16-5-7-17(8-6-16)23-20-15-22-26-21(25-20)24-18-9-11-19(12-10-18)27-13-3-4-14-27/h5-12,15H,2-4,13-14H2,1H3,(H2,23,24,25,26). The largest absolute Gasteiger partial charge is 0.372 e. The molecule has 6 heteroatoms. The van der Waals surface area contributed by atoms with Crippen molar-refractivity contribution in [2.45, 2.75) is 26.2 Å². The van der Waals surface area contributed by atoms with Crippen LogP contribution in [0.2, 0.25) is 0 Å². The van der Waals surface area contributed by atoms with Gasteiger partial charge in [-0.05, 0) is 61.2 Å². The lowest BCUT2D eigenvalue weighted by Crippen LogP contribution is -2.17. The molecule has 0 bridgehead atoms. The predicted octanol–water partition coefficient (Wildman–Crippen LogP) is 4.52. The molecule has 1 saturated heterocycles. The van der Waals surface area contributed by atoms with Crippen LogP contribution in [0.5, 0.6) is 0 Å². The molecule has 1 aliphatic rings. The lowest BCUT2D eigenvalue weighted by atomic mass is 10.1. The number of benzene rings is 2. The summed E-state index contributed by atoms with van der Waals surface area (Å²) in [6.45, 7) is 4.44. The summed E-state index contributed by atoms with van der Waals surface area (Å²) in [5, 5.41) is 14.6. The Balaban J connectivity index is 1.42. The summed E-state index contributed by atoms with van der Waals surface area (Å²) in [6.07, 6.45) is 5.20. The van der Waals surface area contributed by atoms with E-state index in [2.05, 4.69) is 74.0 Å². The Labute approximate surface area is 159 Å². The van der Waals surface area contributed by atoms with Gasteiger partial charge in [0.15, 0.2) is 5.82 Å². The average Bonchev–Trinajstić information content (AvgIpc) is 3.24. The van der Waals surface area contributed by atoms with E-state index in [0.29, 0.717) is 11.8 Å². The molecule has 6 nitrogen and oxygen atoms in total. The van der Waals surface area contributed by atoms with Gasteiger partial charge >= 0.3 is 0 Å². The van der Waals surface area contributed by atoms with Crippen molar-refractivity contribution in [2.75, 3.05) is 28.6 Å². The van der Waals surface area contributed by atoms with Gasteiger partial charge in [0.05, 0.1) is 6.20 Å². The third-order valence-corrected chi connectivity index (χ3v) is 4.79. The first-order chi connectivity index (χ1) is 13.3. The van der Waals surface area contributed by atoms with Crippen molar-refractivity contribution in [3.05, 3.63) is 60.3 Å². The van der Waals surface area contributed by atoms with Crippen molar-refractivity contribution in [2.24, 2.45) is 0 Å². The van der Waals surface area contributed by atoms with Crippen LogP contribution in [0.25, 0.3) is 0 Å². The summed E-state index contributed by atoms with van der Waals surface area (Å²) < 4.78 is 0. The number of hydrogen-bond donors (Lipinski definition) is 2. The Morgan fingerprint density at radius 1 is 0.889 bits per heavy atom. The third kappa shape index (κ3) is 4.34. The van der Waals surface area contributed by atoms with E-state index in [1.807, 2.05) is 12.1 Å². The van der Waals surface area contributed by atoms with Crippen LogP contribution in [0.15, 0.2) is 54.7 Å². The quantitative estimate of drug-likeness (QED) is 0.674. The number of rotatable bonds is 6. The molecule has 1 aliphatic heterocycles. The molecule has 27 heavy (non-hydrogen) atoms. The maximum Gasteiger partial charge on any atom is 0.249 e. The Morgan fingerprint density at radius 3 is 2.26 bits per heavy atom. The van der Waals surface area contributed by atoms with Gasteiger partial charge in [-0.3, -0.25) is 0 Å². The zero-order valence-electron chi connectivity index (χ0n) is 15.5. The number of anilines is 5. The van der Waals surface area contributed by atoms with Gasteiger partial charge in [-0.1, -0.05) is 19.1 Å². The highest BCUT2D eigenvalue weighted by Crippen LogP contribution is 2.23. The van der Waals surface area contributed by atoms with Gasteiger partial charge in [-0.2, -0.15) is 10.1 Å². The summed E-state index contributed by atoms with van der Waals surface area (Å²) >= 11 is 0. The SMILES string of the molecule is CCc1ccc(Nc2cnnc(Nc3ccc(N4CCCC4)cc3)n2)cc1. The second-order valence-corrected chi connectivity index (χ2v) is 6.71. The van der Waals surface area contributed by atoms with Crippen molar-refractivity contribution >= 4 is 28.8 Å². The van der Waals surface area contributed by atoms with Crippen molar-refractivity contribution < 1.29 is 0 Å². The Kier molecular flexibility index (Phi) is 5.14. The lowest BCUT2D eigenvalue weighted by Gasteiger charge is -2.17. The predicted molar refractivity (Wildman–Crippen MR) is 110 cm³/mol. The molecule has 0 radical (unpaired) electrons. The molecule has 0 saturated carbocycles. The van der Waals surface area contributed by atoms with Gasteiger partial charge in [-0.15, -0.1) is 5.10 Å². The molecule has 138 valence electrons. The molecule has 0 aliphatic carbocycles. The topological polar surface area (TPSA) is 66.0 Å². The second kappa shape index (κ2) is 8.03. The molecule has 1 aromatic heterocycles. The zero-order valence-corrected chi connectivity index (χ0v) is 15.5. The Bertz CT molecular complexity index is 870. The van der Waals surface area contributed by atoms with Crippen LogP contribution in [0.4, 0.5) is 28.8 Å². The van der Waals surface area contributed by atoms with Crippen LogP contribution >= 0.6 is 0 Å². The van der Waals surface area contributed by atoms with Crippen molar-refractivity contribution in [1.82, 2.24) is 15.2 Å². The molecule has 4 rings (SSSR count). The van der Waals surface area contributed by atoms with Gasteiger partial charge in [0.1, 0.15) is 0 Å². The summed E-state index contributed by atoms with van der Waals surface area (Å²) in [7, 11) is 0. The summed E-state index contributed by atoms with van der Waals surface area (Å²) in [4.78, 5) is 6.91. The maximum absolute atomic E-state index is 4.50. The zero-order chi connectivity index (χ0) is 18.5. The maximum atomic E-state index is 4.50. The van der Waals surface area contributed by atoms with Crippen molar-refractivity contribution in [1.29, 1.82) is 0 Å². The highest BCUT2D eigenvalue weighted by Gasteiger charge is 2.12. The average molecular weight is 360 g/mol. The monoisotopic (exact) mass is 360 g/mol. The third-order valence-electron chi connectivity index (χ3n) is 4.79. The minimum Gasteiger partial charge on any atom is -0.372 e. The van der Waals surface area contributed by atoms with Gasteiger partial charge in [0.25, 0.3) is 0 Å². The molecule has 0 atom stereocenters. The molecular formula is C21H24N6. The minimum atomic E-state index is 0.471. The van der Waals surface area contributed by atoms with E-state index in [1.165, 1.54) is 24.1 Å². The number of hydrogen-bond acceptors (Lipinski definition) is 6. The van der Waals surface area contributed by atoms with Gasteiger partial charge in [0.2, 0.25) is 5.95 Å². The van der Waals surface area contributed by atoms with Crippen molar-refractivity contribution in [3.63, 3.8) is 0 Å². The number of nitrogens with one attached hydrogen (secondary N) is 2. The summed E-state index contributed by atoms with van der Waals surface area (Å²) in [5.74, 6) is 1.13. The molecule has 2 N–H and O–H groups in total. The van der Waals surface area contributed by atoms with Gasteiger partial charge < -0.3 is 15.5 Å². The number of nitrogens with zero attached hydrogens (tertiary/aromatic N) is 4. The first-order valence-corrected chi connectivity index (χ1v) is 9.48. The van der Waals surface area contributed by atoms with Crippen LogP contribution in [0, 0.1) is 0 Å². The first kappa shape index (κ1) is 17.3. The minimum absolute atomic E-state index is 0.471. The van der Waals surface area contributed by atoms with Gasteiger partial charge in [0, 0.05) is 30.2 Å². The van der Waals surface area contributed by atoms with E-state index >= 15 is 0 Å². The molecule has 2 aromatic carbocycles. The fourth-order valence-electron chi connectivity index (χ4n) is 3.25. The first-order valence-electron chi connectivity index (χ1n) is 9.48. The smallest absolute Gasteiger partial charge is 0.249 e. The van der Waals surface area contributed by atoms with Crippen LogP contribution in [0.1, 0.15) is 25.3 Å². The van der Waals surface area contributed by atoms with E-state index < -0.39 is 0 Å². The van der Waals surface area contributed by atoms with Gasteiger partial charge in [-0.25, -0.2) is 0 Å². The van der Waals surface area contributed by atoms with E-state index in [4.69, 9.17) is 0 Å². The Hall–Kier alpha value is -3.15. The molecule has 1 fully saturated rings. The fourth-order valence-corrected chi connectivity index (χ4v) is 3.25. The lowest BCUT2D eigenvalue weighted by molar-refractivity contribution is 0.949. The molecule has 2 heterocycles. The van der Waals surface area contributed by atoms with Crippen LogP contribution in [-0.4, -0.2) is 28.3 Å². The number of aryl methyl sites for hydroxylation is 1. The van der Waals surface area contributed by atoms with Crippen LogP contribution in [0.3, 0.4) is 0 Å². The van der Waals surface area contributed by atoms with E-state index in [-0.39, 0.29) is 0 Å². The second-order valence-electron chi connectivity index (χ2n) is 6.71. The Morgan fingerprint density at radius 2 is 1.56 bits per heavy atom. The van der Waals surface area contributed by atoms with Crippen molar-refractivity contribution in [3.8, 4) is 0 Å². The van der Waals surface area contributed by atoms with Crippen LogP contribution in [-0.2, 0) is 6.42 Å². The molecule has 3 aromatic rings. The van der Waals surface area contributed by atoms with E-state index in [9.17, 15) is 0 Å². The van der Waals surface area contributed by atoms with Crippen LogP contribution < -0.4 is 15.5 Å². The molecular weight excluding hydrogens is 336 g/mol. The molecule has 0 unspecified atom stereocenters.